The van der Waals surface area contributed by atoms with E-state index in [9.17, 15) is 4.79 Å². The van der Waals surface area contributed by atoms with Crippen molar-refractivity contribution < 1.29 is 14.3 Å². The second kappa shape index (κ2) is 6.15. The third-order valence-corrected chi connectivity index (χ3v) is 2.48. The lowest BCUT2D eigenvalue weighted by Crippen LogP contribution is -2.11. The van der Waals surface area contributed by atoms with Gasteiger partial charge in [0.2, 0.25) is 6.79 Å². The zero-order chi connectivity index (χ0) is 13.0. The summed E-state index contributed by atoms with van der Waals surface area (Å²) >= 11 is 17.4. The van der Waals surface area contributed by atoms with Gasteiger partial charge in [0, 0.05) is 10.6 Å². The van der Waals surface area contributed by atoms with E-state index in [4.69, 9.17) is 44.3 Å². The Labute approximate surface area is 114 Å². The number of carbonyl (C=O) groups excluding carboxylic acids is 1. The van der Waals surface area contributed by atoms with Gasteiger partial charge in [0.1, 0.15) is 0 Å². The Balaban J connectivity index is 2.64. The summed E-state index contributed by atoms with van der Waals surface area (Å²) in [6, 6.07) is 2.95. The van der Waals surface area contributed by atoms with Crippen LogP contribution in [0.2, 0.25) is 15.1 Å². The maximum atomic E-state index is 11.1. The molecule has 3 nitrogen and oxygen atoms in total. The molecule has 6 heteroatoms. The molecule has 0 saturated carbocycles. The highest BCUT2D eigenvalue weighted by atomic mass is 35.5. The van der Waals surface area contributed by atoms with Gasteiger partial charge in [0.15, 0.2) is 5.75 Å². The standard InChI is InChI=1S/C11H9Cl3O3/c1-6(2)11(15)17-5-16-10-8(13)3-7(12)4-9(10)14/h3-4H,1,5H2,2H3. The highest BCUT2D eigenvalue weighted by molar-refractivity contribution is 6.40. The molecular weight excluding hydrogens is 286 g/mol. The van der Waals surface area contributed by atoms with Gasteiger partial charge in [-0.1, -0.05) is 41.4 Å². The number of halogens is 3. The fourth-order valence-corrected chi connectivity index (χ4v) is 1.86. The number of hydrogen-bond acceptors (Lipinski definition) is 3. The molecule has 92 valence electrons. The molecule has 0 aliphatic rings. The lowest BCUT2D eigenvalue weighted by molar-refractivity contribution is -0.145. The van der Waals surface area contributed by atoms with Crippen LogP contribution in [0.1, 0.15) is 6.92 Å². The maximum Gasteiger partial charge on any atom is 0.335 e. The highest BCUT2D eigenvalue weighted by Gasteiger charge is 2.10. The number of benzene rings is 1. The third kappa shape index (κ3) is 4.11. The largest absolute Gasteiger partial charge is 0.454 e. The molecule has 0 aliphatic carbocycles. The van der Waals surface area contributed by atoms with Crippen molar-refractivity contribution in [2.24, 2.45) is 0 Å². The second-order valence-electron chi connectivity index (χ2n) is 3.17. The van der Waals surface area contributed by atoms with Gasteiger partial charge in [-0.25, -0.2) is 4.79 Å². The molecule has 0 N–H and O–H groups in total. The van der Waals surface area contributed by atoms with Gasteiger partial charge in [-0.3, -0.25) is 0 Å². The van der Waals surface area contributed by atoms with Crippen molar-refractivity contribution in [2.75, 3.05) is 6.79 Å². The first-order valence-corrected chi connectivity index (χ1v) is 5.65. The van der Waals surface area contributed by atoms with Crippen molar-refractivity contribution in [3.63, 3.8) is 0 Å². The van der Waals surface area contributed by atoms with Crippen LogP contribution in [0.25, 0.3) is 0 Å². The van der Waals surface area contributed by atoms with Crippen LogP contribution in [-0.2, 0) is 9.53 Å². The quantitative estimate of drug-likeness (QED) is 0.476. The van der Waals surface area contributed by atoms with Crippen LogP contribution in [-0.4, -0.2) is 12.8 Å². The predicted molar refractivity (Wildman–Crippen MR) is 67.9 cm³/mol. The van der Waals surface area contributed by atoms with E-state index in [1.54, 1.807) is 0 Å². The van der Waals surface area contributed by atoms with Gasteiger partial charge in [0.25, 0.3) is 0 Å². The summed E-state index contributed by atoms with van der Waals surface area (Å²) < 4.78 is 9.87. The fraction of sp³-hybridized carbons (Fsp3) is 0.182. The summed E-state index contributed by atoms with van der Waals surface area (Å²) in [7, 11) is 0. The minimum atomic E-state index is -0.550. The topological polar surface area (TPSA) is 35.5 Å². The van der Waals surface area contributed by atoms with Gasteiger partial charge in [-0.15, -0.1) is 0 Å². The Bertz CT molecular complexity index is 434. The van der Waals surface area contributed by atoms with Gasteiger partial charge in [-0.05, 0) is 19.1 Å². The van der Waals surface area contributed by atoms with Crippen molar-refractivity contribution in [2.45, 2.75) is 6.92 Å². The second-order valence-corrected chi connectivity index (χ2v) is 4.42. The van der Waals surface area contributed by atoms with Crippen LogP contribution >= 0.6 is 34.8 Å². The van der Waals surface area contributed by atoms with E-state index >= 15 is 0 Å². The molecule has 0 aromatic heterocycles. The van der Waals surface area contributed by atoms with Crippen LogP contribution < -0.4 is 4.74 Å². The number of ether oxygens (including phenoxy) is 2. The van der Waals surface area contributed by atoms with Crippen LogP contribution in [0.3, 0.4) is 0 Å². The molecule has 0 aliphatic heterocycles. The first kappa shape index (κ1) is 14.2. The van der Waals surface area contributed by atoms with Crippen molar-refractivity contribution in [1.82, 2.24) is 0 Å². The van der Waals surface area contributed by atoms with E-state index in [0.717, 1.165) is 0 Å². The van der Waals surface area contributed by atoms with Crippen LogP contribution in [0.15, 0.2) is 24.3 Å². The minimum Gasteiger partial charge on any atom is -0.454 e. The fourth-order valence-electron chi connectivity index (χ4n) is 0.932. The van der Waals surface area contributed by atoms with Gasteiger partial charge in [-0.2, -0.15) is 0 Å². The van der Waals surface area contributed by atoms with E-state index in [2.05, 4.69) is 6.58 Å². The summed E-state index contributed by atoms with van der Waals surface area (Å²) in [5.41, 5.74) is 0.280. The minimum absolute atomic E-state index is 0.215. The van der Waals surface area contributed by atoms with Crippen molar-refractivity contribution in [3.05, 3.63) is 39.4 Å². The SMILES string of the molecule is C=C(C)C(=O)OCOc1c(Cl)cc(Cl)cc1Cl. The van der Waals surface area contributed by atoms with Crippen molar-refractivity contribution >= 4 is 40.8 Å². The number of esters is 1. The summed E-state index contributed by atoms with van der Waals surface area (Å²) in [4.78, 5) is 11.1. The number of rotatable bonds is 4. The highest BCUT2D eigenvalue weighted by Crippen LogP contribution is 2.35. The molecule has 0 fully saturated rings. The van der Waals surface area contributed by atoms with E-state index < -0.39 is 5.97 Å². The molecule has 1 rings (SSSR count). The van der Waals surface area contributed by atoms with Crippen molar-refractivity contribution in [3.8, 4) is 5.75 Å². The molecule has 0 bridgehead atoms. The average Bonchev–Trinajstić information content (AvgIpc) is 2.21. The Kier molecular flexibility index (Phi) is 5.12. The van der Waals surface area contributed by atoms with Gasteiger partial charge >= 0.3 is 5.97 Å². The molecule has 0 atom stereocenters. The lowest BCUT2D eigenvalue weighted by atomic mass is 10.3. The summed E-state index contributed by atoms with van der Waals surface area (Å²) in [5.74, 6) is -0.335. The van der Waals surface area contributed by atoms with Crippen LogP contribution in [0, 0.1) is 0 Å². The molecule has 0 heterocycles. The predicted octanol–water partition coefficient (Wildman–Crippen LogP) is 4.10. The molecule has 17 heavy (non-hydrogen) atoms. The number of hydrogen-bond donors (Lipinski definition) is 0. The molecule has 0 radical (unpaired) electrons. The third-order valence-electron chi connectivity index (χ3n) is 1.70. The molecule has 0 amide bonds. The summed E-state index contributed by atoms with van der Waals surface area (Å²) in [5, 5.41) is 0.883. The Hall–Kier alpha value is -0.900. The van der Waals surface area contributed by atoms with E-state index in [1.165, 1.54) is 19.1 Å². The molecule has 0 saturated heterocycles. The Morgan fingerprint density at radius 1 is 1.29 bits per heavy atom. The van der Waals surface area contributed by atoms with Gasteiger partial charge < -0.3 is 9.47 Å². The zero-order valence-electron chi connectivity index (χ0n) is 8.93. The van der Waals surface area contributed by atoms with Gasteiger partial charge in [0.05, 0.1) is 10.0 Å². The first-order valence-electron chi connectivity index (χ1n) is 4.51. The maximum absolute atomic E-state index is 11.1. The summed E-state index contributed by atoms with van der Waals surface area (Å²) in [6.45, 7) is 4.66. The van der Waals surface area contributed by atoms with Crippen LogP contribution in [0.5, 0.6) is 5.75 Å². The zero-order valence-corrected chi connectivity index (χ0v) is 11.2. The smallest absolute Gasteiger partial charge is 0.335 e. The molecular formula is C11H9Cl3O3. The van der Waals surface area contributed by atoms with E-state index in [0.29, 0.717) is 5.02 Å². The normalized spacial score (nSPS) is 9.88. The van der Waals surface area contributed by atoms with E-state index in [1.807, 2.05) is 0 Å². The molecule has 1 aromatic carbocycles. The Morgan fingerprint density at radius 2 is 1.82 bits per heavy atom. The van der Waals surface area contributed by atoms with Crippen molar-refractivity contribution in [1.29, 1.82) is 0 Å². The molecule has 0 unspecified atom stereocenters. The first-order chi connectivity index (χ1) is 7.91. The molecule has 1 aromatic rings. The van der Waals surface area contributed by atoms with E-state index in [-0.39, 0.29) is 28.2 Å². The van der Waals surface area contributed by atoms with Crippen LogP contribution in [0.4, 0.5) is 0 Å². The average molecular weight is 296 g/mol. The number of carbonyl (C=O) groups is 1. The lowest BCUT2D eigenvalue weighted by Gasteiger charge is -2.10. The molecule has 0 spiro atoms. The Morgan fingerprint density at radius 3 is 2.29 bits per heavy atom. The monoisotopic (exact) mass is 294 g/mol. The summed E-state index contributed by atoms with van der Waals surface area (Å²) in [6.07, 6.45) is 0.